The number of amides is 1. The van der Waals surface area contributed by atoms with Crippen LogP contribution in [0.4, 0.5) is 5.69 Å². The Hall–Kier alpha value is -3.43. The summed E-state index contributed by atoms with van der Waals surface area (Å²) in [6.07, 6.45) is 0.856. The topological polar surface area (TPSA) is 75.5 Å². The number of halogens is 2. The highest BCUT2D eigenvalue weighted by molar-refractivity contribution is 6.39. The molecule has 0 saturated carbocycles. The molecule has 1 amide bonds. The normalized spacial score (nSPS) is 15.8. The molecule has 218 valence electrons. The standard InChI is InChI=1S/C32H34Cl2N6O2/c1-19-15-40(16-19)17-20-11-12-24(37-32(20)42-4)23-9-5-7-21(28(23)33)22-8-6-10-25(29(22)34)36-31(41)30-35-26-18-38(2)14-13-27(26)39(30)3/h5-12,19H,13-18H2,1-4H3,(H,36,41). The molecule has 0 atom stereocenters. The molecule has 4 aromatic rings. The number of methoxy groups -OCH3 is 1. The first-order chi connectivity index (χ1) is 20.2. The molecule has 0 radical (unpaired) electrons. The number of hydrogen-bond acceptors (Lipinski definition) is 6. The van der Waals surface area contributed by atoms with Crippen molar-refractivity contribution in [2.75, 3.05) is 39.1 Å². The Morgan fingerprint density at radius 3 is 2.45 bits per heavy atom. The van der Waals surface area contributed by atoms with Gasteiger partial charge in [-0.3, -0.25) is 9.69 Å². The predicted molar refractivity (Wildman–Crippen MR) is 167 cm³/mol. The molecule has 4 heterocycles. The number of pyridine rings is 1. The molecular weight excluding hydrogens is 571 g/mol. The van der Waals surface area contributed by atoms with Crippen molar-refractivity contribution < 1.29 is 9.53 Å². The van der Waals surface area contributed by atoms with E-state index in [1.807, 2.05) is 48.0 Å². The monoisotopic (exact) mass is 604 g/mol. The number of likely N-dealkylation sites (N-methyl/N-ethyl adjacent to an activating group) is 1. The van der Waals surface area contributed by atoms with Crippen LogP contribution in [0.1, 0.15) is 34.5 Å². The molecule has 2 aliphatic rings. The number of carbonyl (C=O) groups is 1. The number of nitrogens with one attached hydrogen (secondary N) is 1. The fraction of sp³-hybridized carbons (Fsp3) is 0.344. The number of fused-ring (bicyclic) bond motifs is 1. The highest BCUT2D eigenvalue weighted by Gasteiger charge is 2.26. The molecule has 0 aliphatic carbocycles. The van der Waals surface area contributed by atoms with Crippen LogP contribution in [0, 0.1) is 5.92 Å². The first-order valence-corrected chi connectivity index (χ1v) is 14.9. The summed E-state index contributed by atoms with van der Waals surface area (Å²) < 4.78 is 7.54. The Kier molecular flexibility index (Phi) is 7.98. The van der Waals surface area contributed by atoms with Gasteiger partial charge in [0, 0.05) is 74.1 Å². The van der Waals surface area contributed by atoms with Gasteiger partial charge >= 0.3 is 0 Å². The zero-order valence-corrected chi connectivity index (χ0v) is 25.8. The molecule has 0 unspecified atom stereocenters. The van der Waals surface area contributed by atoms with Crippen molar-refractivity contribution in [3.05, 3.63) is 81.4 Å². The van der Waals surface area contributed by atoms with Crippen LogP contribution >= 0.6 is 23.2 Å². The summed E-state index contributed by atoms with van der Waals surface area (Å²) >= 11 is 13.9. The van der Waals surface area contributed by atoms with Gasteiger partial charge in [-0.25, -0.2) is 9.97 Å². The number of nitrogens with zero attached hydrogens (tertiary/aromatic N) is 5. The van der Waals surface area contributed by atoms with E-state index >= 15 is 0 Å². The lowest BCUT2D eigenvalue weighted by atomic mass is 9.99. The second-order valence-electron chi connectivity index (χ2n) is 11.3. The smallest absolute Gasteiger partial charge is 0.291 e. The third-order valence-corrected chi connectivity index (χ3v) is 8.94. The average molecular weight is 606 g/mol. The van der Waals surface area contributed by atoms with E-state index < -0.39 is 0 Å². The SMILES string of the molecule is COc1nc(-c2cccc(-c3cccc(NC(=O)c4nc5c(n4C)CCN(C)C5)c3Cl)c2Cl)ccc1CN1CC(C)C1. The number of benzene rings is 2. The van der Waals surface area contributed by atoms with E-state index in [1.54, 1.807) is 13.2 Å². The minimum absolute atomic E-state index is 0.308. The summed E-state index contributed by atoms with van der Waals surface area (Å²) in [4.78, 5) is 27.3. The predicted octanol–water partition coefficient (Wildman–Crippen LogP) is 6.16. The number of hydrogen-bond donors (Lipinski definition) is 1. The Bertz CT molecular complexity index is 1660. The molecule has 42 heavy (non-hydrogen) atoms. The Morgan fingerprint density at radius 2 is 1.71 bits per heavy atom. The van der Waals surface area contributed by atoms with Crippen molar-refractivity contribution in [2.45, 2.75) is 26.4 Å². The summed E-state index contributed by atoms with van der Waals surface area (Å²) in [6.45, 7) is 6.89. The first kappa shape index (κ1) is 28.7. The van der Waals surface area contributed by atoms with E-state index in [9.17, 15) is 4.79 Å². The Balaban J connectivity index is 1.27. The third-order valence-electron chi connectivity index (χ3n) is 8.13. The quantitative estimate of drug-likeness (QED) is 0.272. The summed E-state index contributed by atoms with van der Waals surface area (Å²) in [5.41, 5.74) is 6.50. The van der Waals surface area contributed by atoms with Gasteiger partial charge in [-0.05, 0) is 25.1 Å². The van der Waals surface area contributed by atoms with Crippen molar-refractivity contribution in [1.82, 2.24) is 24.3 Å². The Labute approximate surface area is 256 Å². The van der Waals surface area contributed by atoms with Crippen molar-refractivity contribution in [1.29, 1.82) is 0 Å². The number of anilines is 1. The molecule has 1 fully saturated rings. The molecule has 8 nitrogen and oxygen atoms in total. The van der Waals surface area contributed by atoms with Crippen molar-refractivity contribution in [3.63, 3.8) is 0 Å². The molecule has 2 aliphatic heterocycles. The highest BCUT2D eigenvalue weighted by atomic mass is 35.5. The van der Waals surface area contributed by atoms with E-state index in [4.69, 9.17) is 32.9 Å². The molecule has 1 saturated heterocycles. The Morgan fingerprint density at radius 1 is 1.00 bits per heavy atom. The van der Waals surface area contributed by atoms with Crippen LogP contribution in [0.25, 0.3) is 22.4 Å². The molecule has 2 aromatic carbocycles. The van der Waals surface area contributed by atoms with E-state index in [0.29, 0.717) is 38.7 Å². The van der Waals surface area contributed by atoms with Gasteiger partial charge in [0.25, 0.3) is 5.91 Å². The van der Waals surface area contributed by atoms with Gasteiger partial charge in [0.2, 0.25) is 5.88 Å². The maximum Gasteiger partial charge on any atom is 0.291 e. The summed E-state index contributed by atoms with van der Waals surface area (Å²) in [5.74, 6) is 1.38. The van der Waals surface area contributed by atoms with Crippen LogP contribution in [-0.4, -0.2) is 64.0 Å². The van der Waals surface area contributed by atoms with Crippen molar-refractivity contribution >= 4 is 34.8 Å². The summed E-state index contributed by atoms with van der Waals surface area (Å²) in [7, 11) is 5.58. The van der Waals surface area contributed by atoms with Crippen LogP contribution in [0.5, 0.6) is 5.88 Å². The van der Waals surface area contributed by atoms with Crippen LogP contribution in [-0.2, 0) is 26.6 Å². The van der Waals surface area contributed by atoms with Gasteiger partial charge in [0.15, 0.2) is 5.82 Å². The number of rotatable bonds is 7. The fourth-order valence-electron chi connectivity index (χ4n) is 5.93. The molecule has 6 rings (SSSR count). The molecule has 1 N–H and O–H groups in total. The lowest BCUT2D eigenvalue weighted by Gasteiger charge is -2.37. The third kappa shape index (κ3) is 5.40. The molecular formula is C32H34Cl2N6O2. The summed E-state index contributed by atoms with van der Waals surface area (Å²) in [5, 5.41) is 3.88. The maximum absolute atomic E-state index is 13.3. The second kappa shape index (κ2) is 11.7. The zero-order chi connectivity index (χ0) is 29.5. The molecule has 0 bridgehead atoms. The van der Waals surface area contributed by atoms with E-state index in [-0.39, 0.29) is 5.91 Å². The van der Waals surface area contributed by atoms with Gasteiger partial charge in [-0.2, -0.15) is 0 Å². The number of likely N-dealkylation sites (tertiary alicyclic amines) is 1. The van der Waals surface area contributed by atoms with Crippen LogP contribution in [0.2, 0.25) is 10.0 Å². The average Bonchev–Trinajstić information content (AvgIpc) is 3.29. The number of aromatic nitrogens is 3. The van der Waals surface area contributed by atoms with Crippen molar-refractivity contribution in [2.24, 2.45) is 13.0 Å². The van der Waals surface area contributed by atoms with Gasteiger partial charge in [0.1, 0.15) is 0 Å². The van der Waals surface area contributed by atoms with Gasteiger partial charge in [-0.1, -0.05) is 66.5 Å². The van der Waals surface area contributed by atoms with Gasteiger partial charge in [-0.15, -0.1) is 0 Å². The minimum Gasteiger partial charge on any atom is -0.481 e. The van der Waals surface area contributed by atoms with Crippen molar-refractivity contribution in [3.8, 4) is 28.3 Å². The fourth-order valence-corrected chi connectivity index (χ4v) is 6.53. The van der Waals surface area contributed by atoms with E-state index in [2.05, 4.69) is 40.1 Å². The number of imidazole rings is 1. The number of carbonyl (C=O) groups excluding carboxylic acids is 1. The van der Waals surface area contributed by atoms with Crippen LogP contribution in [0.15, 0.2) is 48.5 Å². The van der Waals surface area contributed by atoms with E-state index in [1.165, 1.54) is 0 Å². The van der Waals surface area contributed by atoms with E-state index in [0.717, 1.165) is 73.1 Å². The lowest BCUT2D eigenvalue weighted by Crippen LogP contribution is -2.44. The number of ether oxygens (including phenoxy) is 1. The zero-order valence-electron chi connectivity index (χ0n) is 24.2. The van der Waals surface area contributed by atoms with Gasteiger partial charge in [0.05, 0.1) is 34.2 Å². The lowest BCUT2D eigenvalue weighted by molar-refractivity contribution is 0.101. The largest absolute Gasteiger partial charge is 0.481 e. The van der Waals surface area contributed by atoms with Crippen LogP contribution < -0.4 is 10.1 Å². The van der Waals surface area contributed by atoms with Crippen LogP contribution in [0.3, 0.4) is 0 Å². The highest BCUT2D eigenvalue weighted by Crippen LogP contribution is 2.41. The molecule has 2 aromatic heterocycles. The van der Waals surface area contributed by atoms with Gasteiger partial charge < -0.3 is 19.5 Å². The molecule has 0 spiro atoms. The molecule has 10 heteroatoms. The maximum atomic E-state index is 13.3. The minimum atomic E-state index is -0.308. The second-order valence-corrected chi connectivity index (χ2v) is 12.1. The summed E-state index contributed by atoms with van der Waals surface area (Å²) in [6, 6.07) is 15.3. The first-order valence-electron chi connectivity index (χ1n) is 14.1.